The summed E-state index contributed by atoms with van der Waals surface area (Å²) in [5, 5.41) is 0. The van der Waals surface area contributed by atoms with Gasteiger partial charge in [0.25, 0.3) is 0 Å². The SMILES string of the molecule is C=CCc1ccc(-c2ccc(COCC/C=C/C)cc2)cc1. The van der Waals surface area contributed by atoms with Crippen LogP contribution < -0.4 is 0 Å². The number of hydrogen-bond acceptors (Lipinski definition) is 1. The predicted octanol–water partition coefficient (Wildman–Crippen LogP) is 5.56. The molecule has 0 radical (unpaired) electrons. The summed E-state index contributed by atoms with van der Waals surface area (Å²) in [4.78, 5) is 0. The van der Waals surface area contributed by atoms with Crippen LogP contribution in [-0.2, 0) is 17.8 Å². The van der Waals surface area contributed by atoms with Crippen molar-refractivity contribution in [3.63, 3.8) is 0 Å². The molecule has 22 heavy (non-hydrogen) atoms. The molecule has 0 saturated carbocycles. The molecule has 0 heterocycles. The van der Waals surface area contributed by atoms with Crippen LogP contribution in [0.3, 0.4) is 0 Å². The van der Waals surface area contributed by atoms with Crippen molar-refractivity contribution in [3.05, 3.63) is 84.5 Å². The van der Waals surface area contributed by atoms with E-state index in [9.17, 15) is 0 Å². The lowest BCUT2D eigenvalue weighted by Gasteiger charge is -2.06. The van der Waals surface area contributed by atoms with Crippen molar-refractivity contribution in [1.29, 1.82) is 0 Å². The van der Waals surface area contributed by atoms with E-state index < -0.39 is 0 Å². The number of allylic oxidation sites excluding steroid dienone is 2. The molecule has 2 rings (SSSR count). The van der Waals surface area contributed by atoms with Crippen molar-refractivity contribution in [3.8, 4) is 11.1 Å². The monoisotopic (exact) mass is 292 g/mol. The Labute approximate surface area is 134 Å². The summed E-state index contributed by atoms with van der Waals surface area (Å²) in [6, 6.07) is 17.3. The Hall–Kier alpha value is -2.12. The summed E-state index contributed by atoms with van der Waals surface area (Å²) in [5.41, 5.74) is 4.99. The van der Waals surface area contributed by atoms with E-state index in [1.54, 1.807) is 0 Å². The van der Waals surface area contributed by atoms with Gasteiger partial charge in [0.15, 0.2) is 0 Å². The second kappa shape index (κ2) is 9.01. The minimum atomic E-state index is 0.677. The van der Waals surface area contributed by atoms with Gasteiger partial charge < -0.3 is 4.74 Å². The summed E-state index contributed by atoms with van der Waals surface area (Å²) in [6.07, 6.45) is 8.01. The van der Waals surface area contributed by atoms with Crippen molar-refractivity contribution < 1.29 is 4.74 Å². The fraction of sp³-hybridized carbons (Fsp3) is 0.238. The molecule has 0 fully saturated rings. The van der Waals surface area contributed by atoms with Gasteiger partial charge in [-0.1, -0.05) is 66.8 Å². The Bertz CT molecular complexity index is 591. The molecule has 0 aliphatic heterocycles. The van der Waals surface area contributed by atoms with E-state index in [4.69, 9.17) is 4.74 Å². The number of rotatable bonds is 8. The van der Waals surface area contributed by atoms with E-state index >= 15 is 0 Å². The quantitative estimate of drug-likeness (QED) is 0.457. The van der Waals surface area contributed by atoms with Crippen LogP contribution in [0.2, 0.25) is 0 Å². The summed E-state index contributed by atoms with van der Waals surface area (Å²) < 4.78 is 5.65. The van der Waals surface area contributed by atoms with Crippen LogP contribution in [0, 0.1) is 0 Å². The normalized spacial score (nSPS) is 11.0. The number of ether oxygens (including phenoxy) is 1. The summed E-state index contributed by atoms with van der Waals surface area (Å²) >= 11 is 0. The highest BCUT2D eigenvalue weighted by Crippen LogP contribution is 2.21. The van der Waals surface area contributed by atoms with Crippen LogP contribution in [0.1, 0.15) is 24.5 Å². The molecule has 2 aromatic carbocycles. The first kappa shape index (κ1) is 16.3. The highest BCUT2D eigenvalue weighted by atomic mass is 16.5. The molecule has 0 aliphatic carbocycles. The molecule has 2 aromatic rings. The van der Waals surface area contributed by atoms with Gasteiger partial charge in [-0.05, 0) is 42.0 Å². The zero-order chi connectivity index (χ0) is 15.6. The Morgan fingerprint density at radius 2 is 1.50 bits per heavy atom. The molecular weight excluding hydrogens is 268 g/mol. The average Bonchev–Trinajstić information content (AvgIpc) is 2.56. The molecule has 0 aliphatic rings. The van der Waals surface area contributed by atoms with Crippen LogP contribution >= 0.6 is 0 Å². The predicted molar refractivity (Wildman–Crippen MR) is 94.9 cm³/mol. The molecule has 0 bridgehead atoms. The molecule has 0 aromatic heterocycles. The van der Waals surface area contributed by atoms with Crippen molar-refractivity contribution in [2.45, 2.75) is 26.4 Å². The van der Waals surface area contributed by atoms with Gasteiger partial charge in [-0.3, -0.25) is 0 Å². The highest BCUT2D eigenvalue weighted by molar-refractivity contribution is 5.64. The third-order valence-electron chi connectivity index (χ3n) is 3.55. The minimum absolute atomic E-state index is 0.677. The Morgan fingerprint density at radius 1 is 0.909 bits per heavy atom. The smallest absolute Gasteiger partial charge is 0.0717 e. The minimum Gasteiger partial charge on any atom is -0.376 e. The Balaban J connectivity index is 1.92. The Morgan fingerprint density at radius 3 is 2.05 bits per heavy atom. The molecule has 0 atom stereocenters. The van der Waals surface area contributed by atoms with Gasteiger partial charge >= 0.3 is 0 Å². The first-order valence-corrected chi connectivity index (χ1v) is 7.81. The van der Waals surface area contributed by atoms with E-state index in [2.05, 4.69) is 67.3 Å². The molecule has 114 valence electrons. The maximum atomic E-state index is 5.65. The van der Waals surface area contributed by atoms with Crippen molar-refractivity contribution in [2.75, 3.05) is 6.61 Å². The molecule has 0 saturated heterocycles. The largest absolute Gasteiger partial charge is 0.376 e. The topological polar surface area (TPSA) is 9.23 Å². The third-order valence-corrected chi connectivity index (χ3v) is 3.55. The first-order chi connectivity index (χ1) is 10.8. The van der Waals surface area contributed by atoms with Gasteiger partial charge in [0.1, 0.15) is 0 Å². The molecule has 1 heteroatoms. The van der Waals surface area contributed by atoms with Crippen molar-refractivity contribution >= 4 is 0 Å². The molecule has 1 nitrogen and oxygen atoms in total. The molecule has 0 spiro atoms. The maximum Gasteiger partial charge on any atom is 0.0717 e. The van der Waals surface area contributed by atoms with E-state index in [-0.39, 0.29) is 0 Å². The lowest BCUT2D eigenvalue weighted by Crippen LogP contribution is -1.94. The maximum absolute atomic E-state index is 5.65. The lowest BCUT2D eigenvalue weighted by molar-refractivity contribution is 0.125. The van der Waals surface area contributed by atoms with E-state index in [1.165, 1.54) is 22.3 Å². The molecular formula is C21H24O. The average molecular weight is 292 g/mol. The first-order valence-electron chi connectivity index (χ1n) is 7.81. The molecule has 0 amide bonds. The van der Waals surface area contributed by atoms with Crippen LogP contribution in [0.25, 0.3) is 11.1 Å². The van der Waals surface area contributed by atoms with Gasteiger partial charge in [0.05, 0.1) is 13.2 Å². The second-order valence-corrected chi connectivity index (χ2v) is 5.30. The summed E-state index contributed by atoms with van der Waals surface area (Å²) in [7, 11) is 0. The van der Waals surface area contributed by atoms with Crippen molar-refractivity contribution in [1.82, 2.24) is 0 Å². The fourth-order valence-electron chi connectivity index (χ4n) is 2.30. The van der Waals surface area contributed by atoms with Crippen LogP contribution in [-0.4, -0.2) is 6.61 Å². The van der Waals surface area contributed by atoms with E-state index in [0.717, 1.165) is 19.4 Å². The van der Waals surface area contributed by atoms with Crippen LogP contribution in [0.5, 0.6) is 0 Å². The third kappa shape index (κ3) is 5.01. The van der Waals surface area contributed by atoms with Crippen LogP contribution in [0.15, 0.2) is 73.3 Å². The van der Waals surface area contributed by atoms with Gasteiger partial charge in [0, 0.05) is 0 Å². The highest BCUT2D eigenvalue weighted by Gasteiger charge is 1.99. The number of benzene rings is 2. The summed E-state index contributed by atoms with van der Waals surface area (Å²) in [6.45, 7) is 7.25. The number of hydrogen-bond donors (Lipinski definition) is 0. The van der Waals surface area contributed by atoms with Crippen LogP contribution in [0.4, 0.5) is 0 Å². The molecule has 0 unspecified atom stereocenters. The van der Waals surface area contributed by atoms with Crippen molar-refractivity contribution in [2.24, 2.45) is 0 Å². The Kier molecular flexibility index (Phi) is 6.66. The lowest BCUT2D eigenvalue weighted by atomic mass is 10.0. The zero-order valence-electron chi connectivity index (χ0n) is 13.3. The van der Waals surface area contributed by atoms with E-state index in [1.807, 2.05) is 13.0 Å². The molecule has 0 N–H and O–H groups in total. The van der Waals surface area contributed by atoms with E-state index in [0.29, 0.717) is 6.61 Å². The summed E-state index contributed by atoms with van der Waals surface area (Å²) in [5.74, 6) is 0. The standard InChI is InChI=1S/C21H24O/c1-3-5-6-16-22-17-19-10-14-21(15-11-19)20-12-8-18(7-4-2)9-13-20/h3-5,8-15H,2,6-7,16-17H2,1H3/b5-3+. The van der Waals surface area contributed by atoms with Gasteiger partial charge in [-0.25, -0.2) is 0 Å². The second-order valence-electron chi connectivity index (χ2n) is 5.30. The van der Waals surface area contributed by atoms with Gasteiger partial charge in [0.2, 0.25) is 0 Å². The fourth-order valence-corrected chi connectivity index (χ4v) is 2.30. The van der Waals surface area contributed by atoms with Gasteiger partial charge in [-0.15, -0.1) is 6.58 Å². The van der Waals surface area contributed by atoms with Gasteiger partial charge in [-0.2, -0.15) is 0 Å². The zero-order valence-corrected chi connectivity index (χ0v) is 13.3.